The van der Waals surface area contributed by atoms with E-state index in [1.165, 1.54) is 10.6 Å². The highest BCUT2D eigenvalue weighted by Crippen LogP contribution is 2.24. The Labute approximate surface area is 136 Å². The van der Waals surface area contributed by atoms with Gasteiger partial charge in [0.15, 0.2) is 0 Å². The van der Waals surface area contributed by atoms with Crippen LogP contribution in [0.5, 0.6) is 0 Å². The average Bonchev–Trinajstić information content (AvgIpc) is 2.39. The molecule has 23 heavy (non-hydrogen) atoms. The molecule has 1 aromatic heterocycles. The molecule has 1 rings (SSSR count). The lowest BCUT2D eigenvalue weighted by Crippen LogP contribution is -2.37. The highest BCUT2D eigenvalue weighted by atomic mass is 16.6. The number of carbonyl (C=O) groups excluding carboxylic acids is 2. The first-order valence-electron chi connectivity index (χ1n) is 7.61. The number of esters is 1. The molecule has 0 aliphatic rings. The van der Waals surface area contributed by atoms with E-state index < -0.39 is 11.0 Å². The smallest absolute Gasteiger partial charge is 0.312 e. The van der Waals surface area contributed by atoms with Gasteiger partial charge in [-0.2, -0.15) is 0 Å². The fourth-order valence-electron chi connectivity index (χ4n) is 1.80. The molecule has 1 amide bonds. The van der Waals surface area contributed by atoms with Crippen LogP contribution in [-0.2, 0) is 16.6 Å². The highest BCUT2D eigenvalue weighted by molar-refractivity contribution is 5.94. The fraction of sp³-hybridized carbons (Fsp3) is 0.588. The maximum absolute atomic E-state index is 12.1. The van der Waals surface area contributed by atoms with Gasteiger partial charge in [-0.05, 0) is 47.1 Å². The summed E-state index contributed by atoms with van der Waals surface area (Å²) in [6.07, 6.45) is 1.99. The molecule has 0 saturated heterocycles. The number of aryl methyl sites for hydroxylation is 1. The Bertz CT molecular complexity index is 639. The average molecular weight is 322 g/mol. The van der Waals surface area contributed by atoms with E-state index >= 15 is 0 Å². The number of aromatic nitrogens is 1. The third kappa shape index (κ3) is 5.88. The molecule has 0 aromatic carbocycles. The molecule has 0 aliphatic carbocycles. The Kier molecular flexibility index (Phi) is 5.75. The van der Waals surface area contributed by atoms with Crippen molar-refractivity contribution in [3.63, 3.8) is 0 Å². The molecule has 1 heterocycles. The second-order valence-corrected chi connectivity index (χ2v) is 7.26. The predicted octanol–water partition coefficient (Wildman–Crippen LogP) is 1.87. The zero-order chi connectivity index (χ0) is 17.8. The van der Waals surface area contributed by atoms with Gasteiger partial charge in [-0.25, -0.2) is 0 Å². The van der Waals surface area contributed by atoms with Gasteiger partial charge in [-0.15, -0.1) is 0 Å². The van der Waals surface area contributed by atoms with Crippen molar-refractivity contribution in [3.05, 3.63) is 34.2 Å². The minimum Gasteiger partial charge on any atom is -0.460 e. The van der Waals surface area contributed by atoms with Crippen molar-refractivity contribution in [1.82, 2.24) is 9.88 Å². The summed E-state index contributed by atoms with van der Waals surface area (Å²) in [5, 5.41) is 2.72. The van der Waals surface area contributed by atoms with Gasteiger partial charge in [-0.3, -0.25) is 14.4 Å². The van der Waals surface area contributed by atoms with Crippen LogP contribution in [-0.4, -0.2) is 28.6 Å². The van der Waals surface area contributed by atoms with Crippen molar-refractivity contribution in [2.24, 2.45) is 12.5 Å². The van der Waals surface area contributed by atoms with E-state index in [1.807, 2.05) is 20.8 Å². The summed E-state index contributed by atoms with van der Waals surface area (Å²) < 4.78 is 6.77. The molecule has 128 valence electrons. The minimum atomic E-state index is -0.701. The summed E-state index contributed by atoms with van der Waals surface area (Å²) in [5.41, 5.74) is -1.18. The number of nitrogens with zero attached hydrogens (tertiary/aromatic N) is 1. The summed E-state index contributed by atoms with van der Waals surface area (Å²) in [4.78, 5) is 35.7. The van der Waals surface area contributed by atoms with Crippen molar-refractivity contribution in [1.29, 1.82) is 0 Å². The van der Waals surface area contributed by atoms with E-state index in [0.717, 1.165) is 0 Å². The fourth-order valence-corrected chi connectivity index (χ4v) is 1.80. The highest BCUT2D eigenvalue weighted by Gasteiger charge is 2.32. The molecule has 6 heteroatoms. The zero-order valence-corrected chi connectivity index (χ0v) is 14.7. The Hall–Kier alpha value is -2.11. The molecular weight excluding hydrogens is 296 g/mol. The first-order valence-corrected chi connectivity index (χ1v) is 7.61. The van der Waals surface area contributed by atoms with Crippen LogP contribution in [0.25, 0.3) is 0 Å². The van der Waals surface area contributed by atoms with Crippen LogP contribution in [0.3, 0.4) is 0 Å². The first-order chi connectivity index (χ1) is 10.4. The topological polar surface area (TPSA) is 77.4 Å². The van der Waals surface area contributed by atoms with Crippen molar-refractivity contribution < 1.29 is 14.3 Å². The van der Waals surface area contributed by atoms with E-state index in [1.54, 1.807) is 33.2 Å². The van der Waals surface area contributed by atoms with Crippen LogP contribution in [0.2, 0.25) is 0 Å². The van der Waals surface area contributed by atoms with Gasteiger partial charge in [0.2, 0.25) is 0 Å². The summed E-state index contributed by atoms with van der Waals surface area (Å²) in [5.74, 6) is -0.629. The van der Waals surface area contributed by atoms with E-state index in [-0.39, 0.29) is 17.4 Å². The van der Waals surface area contributed by atoms with E-state index in [0.29, 0.717) is 18.5 Å². The molecule has 0 bridgehead atoms. The number of hydrogen-bond donors (Lipinski definition) is 1. The molecule has 1 aromatic rings. The monoisotopic (exact) mass is 322 g/mol. The summed E-state index contributed by atoms with van der Waals surface area (Å²) in [6, 6.07) is 2.87. The number of pyridine rings is 1. The third-order valence-electron chi connectivity index (χ3n) is 3.35. The molecule has 0 aliphatic heterocycles. The normalized spacial score (nSPS) is 11.9. The van der Waals surface area contributed by atoms with Gasteiger partial charge in [0.1, 0.15) is 5.60 Å². The largest absolute Gasteiger partial charge is 0.460 e. The Balaban J connectivity index is 2.58. The van der Waals surface area contributed by atoms with Crippen molar-refractivity contribution in [3.8, 4) is 0 Å². The second kappa shape index (κ2) is 6.98. The van der Waals surface area contributed by atoms with Crippen molar-refractivity contribution in [2.75, 3.05) is 6.54 Å². The summed E-state index contributed by atoms with van der Waals surface area (Å²) in [6.45, 7) is 9.34. The lowest BCUT2D eigenvalue weighted by molar-refractivity contribution is -0.165. The Morgan fingerprint density at radius 3 is 2.35 bits per heavy atom. The van der Waals surface area contributed by atoms with E-state index in [2.05, 4.69) is 5.32 Å². The van der Waals surface area contributed by atoms with Crippen LogP contribution in [0.15, 0.2) is 23.1 Å². The third-order valence-corrected chi connectivity index (χ3v) is 3.35. The Morgan fingerprint density at radius 1 is 1.22 bits per heavy atom. The van der Waals surface area contributed by atoms with E-state index in [9.17, 15) is 14.4 Å². The SMILES string of the molecule is Cn1ccc(C(=O)NCCC(C)(C)C(=O)OC(C)(C)C)cc1=O. The van der Waals surface area contributed by atoms with Gasteiger partial charge in [0.05, 0.1) is 5.41 Å². The predicted molar refractivity (Wildman–Crippen MR) is 88.3 cm³/mol. The van der Waals surface area contributed by atoms with Crippen LogP contribution in [0.4, 0.5) is 0 Å². The Morgan fingerprint density at radius 2 is 1.83 bits per heavy atom. The van der Waals surface area contributed by atoms with Gasteiger partial charge in [0, 0.05) is 31.4 Å². The molecule has 0 atom stereocenters. The van der Waals surface area contributed by atoms with Gasteiger partial charge >= 0.3 is 5.97 Å². The van der Waals surface area contributed by atoms with Crippen molar-refractivity contribution in [2.45, 2.75) is 46.6 Å². The van der Waals surface area contributed by atoms with Crippen LogP contribution in [0, 0.1) is 5.41 Å². The number of amides is 1. The van der Waals surface area contributed by atoms with E-state index in [4.69, 9.17) is 4.74 Å². The maximum Gasteiger partial charge on any atom is 0.312 e. The lowest BCUT2D eigenvalue weighted by Gasteiger charge is -2.28. The quantitative estimate of drug-likeness (QED) is 0.840. The number of rotatable bonds is 5. The van der Waals surface area contributed by atoms with Crippen LogP contribution >= 0.6 is 0 Å². The molecule has 0 fully saturated rings. The van der Waals surface area contributed by atoms with Gasteiger partial charge < -0.3 is 14.6 Å². The van der Waals surface area contributed by atoms with Crippen LogP contribution in [0.1, 0.15) is 51.4 Å². The standard InChI is InChI=1S/C17H26N2O4/c1-16(2,3)23-15(22)17(4,5)8-9-18-14(21)12-7-10-19(6)13(20)11-12/h7,10-11H,8-9H2,1-6H3,(H,18,21). The van der Waals surface area contributed by atoms with Crippen molar-refractivity contribution >= 4 is 11.9 Å². The zero-order valence-electron chi connectivity index (χ0n) is 14.7. The number of ether oxygens (including phenoxy) is 1. The minimum absolute atomic E-state index is 0.244. The lowest BCUT2D eigenvalue weighted by atomic mass is 9.89. The molecule has 0 unspecified atom stereocenters. The maximum atomic E-state index is 12.1. The number of hydrogen-bond acceptors (Lipinski definition) is 4. The molecule has 6 nitrogen and oxygen atoms in total. The first kappa shape index (κ1) is 18.9. The molecule has 0 spiro atoms. The summed E-state index contributed by atoms with van der Waals surface area (Å²) >= 11 is 0. The molecule has 1 N–H and O–H groups in total. The molecule has 0 radical (unpaired) electrons. The number of nitrogens with one attached hydrogen (secondary N) is 1. The second-order valence-electron chi connectivity index (χ2n) is 7.26. The summed E-state index contributed by atoms with van der Waals surface area (Å²) in [7, 11) is 1.62. The van der Waals surface area contributed by atoms with Gasteiger partial charge in [-0.1, -0.05) is 0 Å². The van der Waals surface area contributed by atoms with Gasteiger partial charge in [0.25, 0.3) is 11.5 Å². The van der Waals surface area contributed by atoms with Crippen LogP contribution < -0.4 is 10.9 Å². The molecular formula is C17H26N2O4. The number of carbonyl (C=O) groups is 2. The molecule has 0 saturated carbocycles.